The normalized spacial score (nSPS) is 10.4. The molecule has 0 radical (unpaired) electrons. The summed E-state index contributed by atoms with van der Waals surface area (Å²) in [4.78, 5) is 10.2. The molecule has 0 fully saturated rings. The number of unbranched alkanes of at least 4 members (excludes halogenated alkanes) is 7. The second-order valence-electron chi connectivity index (χ2n) is 5.21. The van der Waals surface area contributed by atoms with Crippen LogP contribution in [0.15, 0.2) is 24.3 Å². The van der Waals surface area contributed by atoms with Gasteiger partial charge in [-0.25, -0.2) is 0 Å². The minimum Gasteiger partial charge on any atom is -0.385 e. The molecule has 112 valence electrons. The van der Waals surface area contributed by atoms with Crippen LogP contribution in [0.25, 0.3) is 0 Å². The van der Waals surface area contributed by atoms with Crippen LogP contribution in [0.3, 0.4) is 0 Å². The van der Waals surface area contributed by atoms with E-state index in [4.69, 9.17) is 0 Å². The summed E-state index contributed by atoms with van der Waals surface area (Å²) in [5, 5.41) is 13.8. The van der Waals surface area contributed by atoms with Crippen LogP contribution in [-0.2, 0) is 0 Å². The molecule has 0 bridgehead atoms. The molecular weight excluding hydrogens is 252 g/mol. The van der Waals surface area contributed by atoms with Gasteiger partial charge in [-0.1, -0.05) is 51.9 Å². The maximum Gasteiger partial charge on any atom is 0.269 e. The van der Waals surface area contributed by atoms with Crippen molar-refractivity contribution in [3.63, 3.8) is 0 Å². The maximum absolute atomic E-state index is 10.5. The molecule has 0 unspecified atom stereocenters. The molecule has 0 atom stereocenters. The Morgan fingerprint density at radius 2 is 1.50 bits per heavy atom. The van der Waals surface area contributed by atoms with E-state index >= 15 is 0 Å². The van der Waals surface area contributed by atoms with Gasteiger partial charge in [0, 0.05) is 24.4 Å². The highest BCUT2D eigenvalue weighted by Gasteiger charge is 2.03. The first-order chi connectivity index (χ1) is 9.74. The molecule has 0 spiro atoms. The molecule has 1 aromatic rings. The SMILES string of the molecule is CCCCCCCCCCNc1ccc([N+](=O)[O-])cc1. The molecule has 0 aliphatic carbocycles. The van der Waals surface area contributed by atoms with Crippen LogP contribution in [0.1, 0.15) is 58.3 Å². The highest BCUT2D eigenvalue weighted by molar-refractivity contribution is 5.48. The second kappa shape index (κ2) is 10.2. The molecule has 0 saturated heterocycles. The lowest BCUT2D eigenvalue weighted by Crippen LogP contribution is -2.01. The van der Waals surface area contributed by atoms with Crippen LogP contribution in [0.2, 0.25) is 0 Å². The van der Waals surface area contributed by atoms with E-state index in [1.54, 1.807) is 12.1 Å². The van der Waals surface area contributed by atoms with Gasteiger partial charge in [-0.15, -0.1) is 0 Å². The fraction of sp³-hybridized carbons (Fsp3) is 0.625. The highest BCUT2D eigenvalue weighted by atomic mass is 16.6. The molecule has 4 heteroatoms. The Balaban J connectivity index is 2.02. The van der Waals surface area contributed by atoms with E-state index in [0.29, 0.717) is 0 Å². The lowest BCUT2D eigenvalue weighted by Gasteiger charge is -2.06. The molecule has 1 aromatic carbocycles. The largest absolute Gasteiger partial charge is 0.385 e. The maximum atomic E-state index is 10.5. The van der Waals surface area contributed by atoms with Crippen LogP contribution in [-0.4, -0.2) is 11.5 Å². The fourth-order valence-corrected chi connectivity index (χ4v) is 2.19. The summed E-state index contributed by atoms with van der Waals surface area (Å²) in [5.41, 5.74) is 1.10. The molecule has 4 nitrogen and oxygen atoms in total. The lowest BCUT2D eigenvalue weighted by atomic mass is 10.1. The number of benzene rings is 1. The average Bonchev–Trinajstić information content (AvgIpc) is 2.46. The van der Waals surface area contributed by atoms with E-state index in [-0.39, 0.29) is 10.6 Å². The number of anilines is 1. The predicted octanol–water partition coefficient (Wildman–Crippen LogP) is 5.15. The summed E-state index contributed by atoms with van der Waals surface area (Å²) in [6.07, 6.45) is 10.5. The quantitative estimate of drug-likeness (QED) is 0.346. The third-order valence-electron chi connectivity index (χ3n) is 3.44. The number of hydrogen-bond donors (Lipinski definition) is 1. The van der Waals surface area contributed by atoms with Crippen molar-refractivity contribution in [2.24, 2.45) is 0 Å². The van der Waals surface area contributed by atoms with Crippen molar-refractivity contribution < 1.29 is 4.92 Å². The van der Waals surface area contributed by atoms with Crippen molar-refractivity contribution >= 4 is 11.4 Å². The fourth-order valence-electron chi connectivity index (χ4n) is 2.19. The number of hydrogen-bond acceptors (Lipinski definition) is 3. The van der Waals surface area contributed by atoms with Crippen LogP contribution < -0.4 is 5.32 Å². The minimum absolute atomic E-state index is 0.141. The van der Waals surface area contributed by atoms with Gasteiger partial charge < -0.3 is 5.32 Å². The molecule has 0 amide bonds. The van der Waals surface area contributed by atoms with Crippen molar-refractivity contribution in [3.05, 3.63) is 34.4 Å². The van der Waals surface area contributed by atoms with Crippen LogP contribution in [0, 0.1) is 10.1 Å². The number of nitro groups is 1. The molecular formula is C16H26N2O2. The number of nitrogens with one attached hydrogen (secondary N) is 1. The molecule has 1 rings (SSSR count). The Morgan fingerprint density at radius 1 is 0.950 bits per heavy atom. The number of nitro benzene ring substituents is 1. The Morgan fingerprint density at radius 3 is 2.05 bits per heavy atom. The average molecular weight is 278 g/mol. The van der Waals surface area contributed by atoms with Crippen molar-refractivity contribution in [2.45, 2.75) is 58.3 Å². The van der Waals surface area contributed by atoms with Crippen LogP contribution >= 0.6 is 0 Å². The summed E-state index contributed by atoms with van der Waals surface area (Å²) >= 11 is 0. The van der Waals surface area contributed by atoms with E-state index in [1.807, 2.05) is 0 Å². The Kier molecular flexibility index (Phi) is 8.43. The highest BCUT2D eigenvalue weighted by Crippen LogP contribution is 2.15. The van der Waals surface area contributed by atoms with Gasteiger partial charge >= 0.3 is 0 Å². The van der Waals surface area contributed by atoms with Gasteiger partial charge in [-0.2, -0.15) is 0 Å². The Labute approximate surface area is 121 Å². The smallest absolute Gasteiger partial charge is 0.269 e. The van der Waals surface area contributed by atoms with Crippen LogP contribution in [0.4, 0.5) is 11.4 Å². The molecule has 0 saturated carbocycles. The lowest BCUT2D eigenvalue weighted by molar-refractivity contribution is -0.384. The van der Waals surface area contributed by atoms with E-state index in [2.05, 4.69) is 12.2 Å². The first-order valence-corrected chi connectivity index (χ1v) is 7.72. The molecule has 20 heavy (non-hydrogen) atoms. The standard InChI is InChI=1S/C16H26N2O2/c1-2-3-4-5-6-7-8-9-14-17-15-10-12-16(13-11-15)18(19)20/h10-13,17H,2-9,14H2,1H3. The van der Waals surface area contributed by atoms with Crippen molar-refractivity contribution in [1.29, 1.82) is 0 Å². The van der Waals surface area contributed by atoms with Gasteiger partial charge in [-0.05, 0) is 18.6 Å². The molecule has 1 N–H and O–H groups in total. The summed E-state index contributed by atoms with van der Waals surface area (Å²) in [5.74, 6) is 0. The zero-order chi connectivity index (χ0) is 14.6. The summed E-state index contributed by atoms with van der Waals surface area (Å²) < 4.78 is 0. The number of rotatable bonds is 11. The van der Waals surface area contributed by atoms with Gasteiger partial charge in [0.05, 0.1) is 4.92 Å². The topological polar surface area (TPSA) is 55.2 Å². The molecule has 0 heterocycles. The molecule has 0 aliphatic heterocycles. The van der Waals surface area contributed by atoms with Gasteiger partial charge in [0.2, 0.25) is 0 Å². The predicted molar refractivity (Wildman–Crippen MR) is 84.2 cm³/mol. The van der Waals surface area contributed by atoms with Crippen LogP contribution in [0.5, 0.6) is 0 Å². The van der Waals surface area contributed by atoms with E-state index in [0.717, 1.165) is 18.7 Å². The Bertz CT molecular complexity index is 377. The second-order valence-corrected chi connectivity index (χ2v) is 5.21. The third kappa shape index (κ3) is 7.12. The first-order valence-electron chi connectivity index (χ1n) is 7.72. The third-order valence-corrected chi connectivity index (χ3v) is 3.44. The summed E-state index contributed by atoms with van der Waals surface area (Å²) in [6, 6.07) is 6.61. The number of nitrogens with zero attached hydrogens (tertiary/aromatic N) is 1. The number of non-ortho nitro benzene ring substituents is 1. The van der Waals surface area contributed by atoms with Crippen molar-refractivity contribution in [1.82, 2.24) is 0 Å². The van der Waals surface area contributed by atoms with E-state index in [1.165, 1.54) is 57.1 Å². The zero-order valence-electron chi connectivity index (χ0n) is 12.4. The monoisotopic (exact) mass is 278 g/mol. The summed E-state index contributed by atoms with van der Waals surface area (Å²) in [6.45, 7) is 3.18. The molecule has 0 aromatic heterocycles. The summed E-state index contributed by atoms with van der Waals surface area (Å²) in [7, 11) is 0. The van der Waals surface area contributed by atoms with Gasteiger partial charge in [0.15, 0.2) is 0 Å². The van der Waals surface area contributed by atoms with Crippen molar-refractivity contribution in [2.75, 3.05) is 11.9 Å². The molecule has 0 aliphatic rings. The first kappa shape index (κ1) is 16.5. The minimum atomic E-state index is -0.373. The Hall–Kier alpha value is -1.58. The zero-order valence-corrected chi connectivity index (χ0v) is 12.4. The van der Waals surface area contributed by atoms with E-state index in [9.17, 15) is 10.1 Å². The van der Waals surface area contributed by atoms with Gasteiger partial charge in [-0.3, -0.25) is 10.1 Å². The van der Waals surface area contributed by atoms with Gasteiger partial charge in [0.1, 0.15) is 0 Å². The van der Waals surface area contributed by atoms with E-state index < -0.39 is 0 Å². The van der Waals surface area contributed by atoms with Crippen molar-refractivity contribution in [3.8, 4) is 0 Å². The van der Waals surface area contributed by atoms with Gasteiger partial charge in [0.25, 0.3) is 5.69 Å².